The van der Waals surface area contributed by atoms with E-state index in [4.69, 9.17) is 14.9 Å². The molecule has 1 aliphatic rings. The first kappa shape index (κ1) is 26.1. The molecular formula is C26H29FN8O4S. The molecule has 40 heavy (non-hydrogen) atoms. The zero-order valence-electron chi connectivity index (χ0n) is 21.9. The van der Waals surface area contributed by atoms with Gasteiger partial charge in [0.1, 0.15) is 34.9 Å². The first-order valence-electron chi connectivity index (χ1n) is 12.9. The first-order chi connectivity index (χ1) is 19.2. The van der Waals surface area contributed by atoms with Crippen molar-refractivity contribution in [3.8, 4) is 17.2 Å². The molecular weight excluding hydrogens is 539 g/mol. The molecule has 210 valence electrons. The van der Waals surface area contributed by atoms with E-state index >= 15 is 0 Å². The molecule has 0 spiro atoms. The number of imidazole rings is 1. The minimum absolute atomic E-state index is 0.00998. The number of fused-ring (bicyclic) bond motifs is 3. The second kappa shape index (κ2) is 10.4. The van der Waals surface area contributed by atoms with Crippen molar-refractivity contribution in [2.24, 2.45) is 0 Å². The Morgan fingerprint density at radius 3 is 2.67 bits per heavy atom. The molecule has 1 aliphatic heterocycles. The zero-order chi connectivity index (χ0) is 27.9. The van der Waals surface area contributed by atoms with E-state index in [0.29, 0.717) is 53.7 Å². The average Bonchev–Trinajstić information content (AvgIpc) is 3.67. The molecule has 14 heteroatoms. The number of benzene rings is 1. The Morgan fingerprint density at radius 1 is 1.12 bits per heavy atom. The van der Waals surface area contributed by atoms with Crippen LogP contribution in [0.1, 0.15) is 0 Å². The average molecular weight is 569 g/mol. The molecule has 4 aromatic heterocycles. The molecule has 1 saturated heterocycles. The number of sulfone groups is 1. The van der Waals surface area contributed by atoms with E-state index in [1.165, 1.54) is 6.07 Å². The largest absolute Gasteiger partial charge is 0.492 e. The number of nitrogen functional groups attached to an aromatic ring is 1. The van der Waals surface area contributed by atoms with Crippen LogP contribution in [0.15, 0.2) is 53.4 Å². The maximum absolute atomic E-state index is 14.8. The summed E-state index contributed by atoms with van der Waals surface area (Å²) in [6.45, 7) is 4.33. The van der Waals surface area contributed by atoms with Crippen molar-refractivity contribution in [3.05, 3.63) is 54.8 Å². The fraction of sp³-hybridized carbons (Fsp3) is 0.346. The monoisotopic (exact) mass is 568 g/mol. The number of piperazine rings is 1. The predicted octanol–water partition coefficient (Wildman–Crippen LogP) is 2.31. The third-order valence-corrected chi connectivity index (χ3v) is 7.89. The van der Waals surface area contributed by atoms with Crippen LogP contribution in [-0.4, -0.2) is 88.8 Å². The molecule has 6 rings (SSSR count). The van der Waals surface area contributed by atoms with Gasteiger partial charge in [-0.25, -0.2) is 17.8 Å². The molecule has 0 bridgehead atoms. The van der Waals surface area contributed by atoms with Gasteiger partial charge in [-0.05, 0) is 30.3 Å². The van der Waals surface area contributed by atoms with Crippen LogP contribution >= 0.6 is 0 Å². The number of ether oxygens (including phenoxy) is 1. The molecule has 0 atom stereocenters. The lowest BCUT2D eigenvalue weighted by atomic mass is 10.2. The summed E-state index contributed by atoms with van der Waals surface area (Å²) in [7, 11) is -3.14. The van der Waals surface area contributed by atoms with E-state index in [2.05, 4.69) is 20.0 Å². The number of rotatable bonds is 9. The molecule has 0 radical (unpaired) electrons. The van der Waals surface area contributed by atoms with E-state index in [0.717, 1.165) is 31.4 Å². The third-order valence-electron chi connectivity index (χ3n) is 6.99. The number of anilines is 2. The van der Waals surface area contributed by atoms with Gasteiger partial charge in [0.05, 0.1) is 24.0 Å². The standard InChI is InChI=1S/C26H29FN8O4S/c1-40(36,37)14-13-38-18-4-5-21(19(27)15-18)33-9-6-32(7-10-33)8-11-34-17-29-24-22-16-20(23-3-2-12-39-23)31-35(22)26(28)30-25(24)34/h2-5,12,15-17H,6-11,13-14H2,1H3,(H2,28,30). The third kappa shape index (κ3) is 5.31. The zero-order valence-corrected chi connectivity index (χ0v) is 22.7. The van der Waals surface area contributed by atoms with Gasteiger partial charge in [-0.15, -0.1) is 0 Å². The fourth-order valence-electron chi connectivity index (χ4n) is 4.87. The van der Waals surface area contributed by atoms with Crippen molar-refractivity contribution >= 4 is 38.2 Å². The maximum Gasteiger partial charge on any atom is 0.223 e. The van der Waals surface area contributed by atoms with Gasteiger partial charge in [0.2, 0.25) is 5.95 Å². The summed E-state index contributed by atoms with van der Waals surface area (Å²) in [6, 6.07) is 10.2. The van der Waals surface area contributed by atoms with E-state index in [1.54, 1.807) is 35.3 Å². The second-order valence-electron chi connectivity index (χ2n) is 9.80. The summed E-state index contributed by atoms with van der Waals surface area (Å²) in [5.74, 6) is 0.723. The highest BCUT2D eigenvalue weighted by Crippen LogP contribution is 2.27. The molecule has 2 N–H and O–H groups in total. The Balaban J connectivity index is 1.07. The van der Waals surface area contributed by atoms with E-state index < -0.39 is 9.84 Å². The van der Waals surface area contributed by atoms with Gasteiger partial charge < -0.3 is 24.4 Å². The second-order valence-corrected chi connectivity index (χ2v) is 12.1. The van der Waals surface area contributed by atoms with Crippen molar-refractivity contribution in [1.29, 1.82) is 0 Å². The summed E-state index contributed by atoms with van der Waals surface area (Å²) < 4.78 is 51.8. The van der Waals surface area contributed by atoms with Gasteiger partial charge in [0, 0.05) is 51.6 Å². The minimum atomic E-state index is -3.14. The lowest BCUT2D eigenvalue weighted by molar-refractivity contribution is 0.248. The highest BCUT2D eigenvalue weighted by Gasteiger charge is 2.21. The molecule has 0 saturated carbocycles. The Hall–Kier alpha value is -4.17. The quantitative estimate of drug-likeness (QED) is 0.282. The maximum atomic E-state index is 14.8. The first-order valence-corrected chi connectivity index (χ1v) is 14.9. The van der Waals surface area contributed by atoms with Crippen LogP contribution in [0, 0.1) is 5.82 Å². The van der Waals surface area contributed by atoms with Crippen molar-refractivity contribution in [2.75, 3.05) is 62.0 Å². The van der Waals surface area contributed by atoms with Crippen molar-refractivity contribution < 1.29 is 22.0 Å². The van der Waals surface area contributed by atoms with E-state index in [9.17, 15) is 12.8 Å². The highest BCUT2D eigenvalue weighted by atomic mass is 32.2. The number of nitrogens with zero attached hydrogens (tertiary/aromatic N) is 7. The smallest absolute Gasteiger partial charge is 0.223 e. The topological polar surface area (TPSA) is 137 Å². The van der Waals surface area contributed by atoms with Crippen LogP contribution in [0.5, 0.6) is 5.75 Å². The number of nitrogens with two attached hydrogens (primary N) is 1. The van der Waals surface area contributed by atoms with Gasteiger partial charge in [0.25, 0.3) is 0 Å². The van der Waals surface area contributed by atoms with Crippen LogP contribution in [0.4, 0.5) is 16.0 Å². The Labute approximate surface area is 229 Å². The van der Waals surface area contributed by atoms with Crippen molar-refractivity contribution in [1.82, 2.24) is 29.0 Å². The summed E-state index contributed by atoms with van der Waals surface area (Å²) in [5.41, 5.74) is 9.55. The lowest BCUT2D eigenvalue weighted by Gasteiger charge is -2.36. The van der Waals surface area contributed by atoms with Crippen LogP contribution in [0.2, 0.25) is 0 Å². The highest BCUT2D eigenvalue weighted by molar-refractivity contribution is 7.90. The van der Waals surface area contributed by atoms with Gasteiger partial charge in [-0.3, -0.25) is 4.90 Å². The molecule has 1 aromatic carbocycles. The predicted molar refractivity (Wildman–Crippen MR) is 149 cm³/mol. The normalized spacial score (nSPS) is 14.9. The van der Waals surface area contributed by atoms with Gasteiger partial charge >= 0.3 is 0 Å². The number of furan rings is 1. The SMILES string of the molecule is CS(=O)(=O)CCOc1ccc(N2CCN(CCn3cnc4c3nc(N)n3nc(-c5ccco5)cc43)CC2)c(F)c1. The summed E-state index contributed by atoms with van der Waals surface area (Å²) in [4.78, 5) is 13.5. The molecule has 12 nitrogen and oxygen atoms in total. The fourth-order valence-corrected chi connectivity index (χ4v) is 5.25. The molecule has 0 amide bonds. The lowest BCUT2D eigenvalue weighted by Crippen LogP contribution is -2.47. The van der Waals surface area contributed by atoms with Crippen molar-refractivity contribution in [3.63, 3.8) is 0 Å². The Bertz CT molecular complexity index is 1760. The van der Waals surface area contributed by atoms with Gasteiger partial charge in [-0.1, -0.05) is 0 Å². The van der Waals surface area contributed by atoms with Gasteiger partial charge in [-0.2, -0.15) is 14.6 Å². The summed E-state index contributed by atoms with van der Waals surface area (Å²) in [6.07, 6.45) is 4.50. The van der Waals surface area contributed by atoms with E-state index in [1.807, 2.05) is 21.6 Å². The summed E-state index contributed by atoms with van der Waals surface area (Å²) in [5, 5.41) is 4.52. The van der Waals surface area contributed by atoms with Gasteiger partial charge in [0.15, 0.2) is 21.2 Å². The van der Waals surface area contributed by atoms with Crippen LogP contribution in [-0.2, 0) is 16.4 Å². The summed E-state index contributed by atoms with van der Waals surface area (Å²) >= 11 is 0. The molecule has 5 aromatic rings. The van der Waals surface area contributed by atoms with Crippen LogP contribution in [0.3, 0.4) is 0 Å². The number of aromatic nitrogens is 5. The molecule has 0 aliphatic carbocycles. The molecule has 5 heterocycles. The van der Waals surface area contributed by atoms with E-state index in [-0.39, 0.29) is 24.1 Å². The number of hydrogen-bond acceptors (Lipinski definition) is 10. The van der Waals surface area contributed by atoms with Crippen LogP contribution in [0.25, 0.3) is 28.1 Å². The number of halogens is 1. The van der Waals surface area contributed by atoms with Crippen molar-refractivity contribution in [2.45, 2.75) is 6.54 Å². The minimum Gasteiger partial charge on any atom is -0.492 e. The Morgan fingerprint density at radius 2 is 1.95 bits per heavy atom. The van der Waals surface area contributed by atoms with Crippen LogP contribution < -0.4 is 15.4 Å². The molecule has 0 unspecified atom stereocenters. The Kier molecular flexibility index (Phi) is 6.80. The molecule has 1 fully saturated rings. The number of hydrogen-bond donors (Lipinski definition) is 1.